The van der Waals surface area contributed by atoms with E-state index in [1.807, 2.05) is 18.2 Å². The molecule has 2 aliphatic heterocycles. The summed E-state index contributed by atoms with van der Waals surface area (Å²) in [6, 6.07) is 7.68. The van der Waals surface area contributed by atoms with Crippen molar-refractivity contribution in [3.8, 4) is 5.75 Å². The lowest BCUT2D eigenvalue weighted by Crippen LogP contribution is -2.47. The predicted molar refractivity (Wildman–Crippen MR) is 59.6 cm³/mol. The minimum absolute atomic E-state index is 0.441. The van der Waals surface area contributed by atoms with Gasteiger partial charge in [-0.05, 0) is 30.7 Å². The van der Waals surface area contributed by atoms with Crippen molar-refractivity contribution in [2.24, 2.45) is 11.8 Å². The Balaban J connectivity index is 1.68. The maximum atomic E-state index is 9.69. The third kappa shape index (κ3) is 1.74. The Hall–Kier alpha value is -1.02. The van der Waals surface area contributed by atoms with Gasteiger partial charge in [0, 0.05) is 25.2 Å². The summed E-state index contributed by atoms with van der Waals surface area (Å²) < 4.78 is 0. The van der Waals surface area contributed by atoms with E-state index in [4.69, 9.17) is 0 Å². The van der Waals surface area contributed by atoms with Crippen LogP contribution in [0.5, 0.6) is 5.75 Å². The van der Waals surface area contributed by atoms with Gasteiger partial charge < -0.3 is 5.11 Å². The topological polar surface area (TPSA) is 23.5 Å². The summed E-state index contributed by atoms with van der Waals surface area (Å²) in [6.07, 6.45) is 2.88. The van der Waals surface area contributed by atoms with E-state index in [2.05, 4.69) is 4.90 Å². The van der Waals surface area contributed by atoms with Crippen LogP contribution in [0.25, 0.3) is 0 Å². The lowest BCUT2D eigenvalue weighted by Gasteiger charge is -2.47. The number of hydrogen-bond acceptors (Lipinski definition) is 2. The standard InChI is InChI=1S/C13H17NO/c15-13-4-2-1-3-12(13)9-14-7-10-5-11(6-10)8-14/h1-4,10-11,15H,5-9H2. The third-order valence-corrected chi connectivity index (χ3v) is 3.75. The van der Waals surface area contributed by atoms with Gasteiger partial charge in [-0.25, -0.2) is 0 Å². The van der Waals surface area contributed by atoms with Crippen molar-refractivity contribution in [1.29, 1.82) is 0 Å². The van der Waals surface area contributed by atoms with E-state index >= 15 is 0 Å². The molecule has 1 N–H and O–H groups in total. The SMILES string of the molecule is Oc1ccccc1CN1CC2CC(C2)C1. The van der Waals surface area contributed by atoms with Crippen LogP contribution in [-0.2, 0) is 6.54 Å². The minimum Gasteiger partial charge on any atom is -0.508 e. The second-order valence-electron chi connectivity index (χ2n) is 5.03. The minimum atomic E-state index is 0.441. The van der Waals surface area contributed by atoms with Crippen molar-refractivity contribution in [2.75, 3.05) is 13.1 Å². The molecule has 2 heteroatoms. The zero-order valence-electron chi connectivity index (χ0n) is 8.89. The van der Waals surface area contributed by atoms with Gasteiger partial charge in [-0.1, -0.05) is 18.2 Å². The summed E-state index contributed by atoms with van der Waals surface area (Å²) in [7, 11) is 0. The van der Waals surface area contributed by atoms with Gasteiger partial charge in [0.25, 0.3) is 0 Å². The summed E-state index contributed by atoms with van der Waals surface area (Å²) in [4.78, 5) is 2.48. The van der Waals surface area contributed by atoms with Gasteiger partial charge in [-0.15, -0.1) is 0 Å². The van der Waals surface area contributed by atoms with Gasteiger partial charge in [-0.3, -0.25) is 4.90 Å². The van der Waals surface area contributed by atoms with E-state index in [-0.39, 0.29) is 0 Å². The van der Waals surface area contributed by atoms with Crippen LogP contribution in [0.15, 0.2) is 24.3 Å². The first kappa shape index (κ1) is 9.22. The summed E-state index contributed by atoms with van der Waals surface area (Å²) in [5.74, 6) is 2.32. The molecule has 0 unspecified atom stereocenters. The van der Waals surface area contributed by atoms with Crippen LogP contribution < -0.4 is 0 Å². The van der Waals surface area contributed by atoms with Gasteiger partial charge in [-0.2, -0.15) is 0 Å². The molecule has 1 aromatic carbocycles. The predicted octanol–water partition coefficient (Wildman–Crippen LogP) is 2.23. The number of hydrogen-bond donors (Lipinski definition) is 1. The highest BCUT2D eigenvalue weighted by Crippen LogP contribution is 2.40. The Bertz CT molecular complexity index is 347. The monoisotopic (exact) mass is 203 g/mol. The maximum Gasteiger partial charge on any atom is 0.120 e. The van der Waals surface area contributed by atoms with Crippen LogP contribution in [0.4, 0.5) is 0 Å². The van der Waals surface area contributed by atoms with Crippen molar-refractivity contribution in [3.05, 3.63) is 29.8 Å². The molecule has 80 valence electrons. The molecule has 1 saturated carbocycles. The molecule has 0 atom stereocenters. The van der Waals surface area contributed by atoms with Crippen LogP contribution in [0.2, 0.25) is 0 Å². The largest absolute Gasteiger partial charge is 0.508 e. The highest BCUT2D eigenvalue weighted by molar-refractivity contribution is 5.31. The molecule has 0 spiro atoms. The first-order valence-corrected chi connectivity index (χ1v) is 5.80. The van der Waals surface area contributed by atoms with Crippen LogP contribution in [0, 0.1) is 11.8 Å². The van der Waals surface area contributed by atoms with E-state index in [0.717, 1.165) is 23.9 Å². The molecule has 15 heavy (non-hydrogen) atoms. The average molecular weight is 203 g/mol. The fraction of sp³-hybridized carbons (Fsp3) is 0.538. The smallest absolute Gasteiger partial charge is 0.120 e. The zero-order valence-corrected chi connectivity index (χ0v) is 8.89. The Morgan fingerprint density at radius 3 is 2.47 bits per heavy atom. The molecule has 2 bridgehead atoms. The molecular formula is C13H17NO. The maximum absolute atomic E-state index is 9.69. The van der Waals surface area contributed by atoms with Crippen molar-refractivity contribution in [2.45, 2.75) is 19.4 Å². The molecule has 1 aromatic rings. The van der Waals surface area contributed by atoms with Crippen LogP contribution in [-0.4, -0.2) is 23.1 Å². The highest BCUT2D eigenvalue weighted by Gasteiger charge is 2.36. The van der Waals surface area contributed by atoms with Gasteiger partial charge >= 0.3 is 0 Å². The van der Waals surface area contributed by atoms with Crippen molar-refractivity contribution in [1.82, 2.24) is 4.90 Å². The Labute approximate surface area is 90.5 Å². The number of aromatic hydroxyl groups is 1. The summed E-state index contributed by atoms with van der Waals surface area (Å²) in [5, 5.41) is 9.69. The average Bonchev–Trinajstić information content (AvgIpc) is 2.21. The number of nitrogens with zero attached hydrogens (tertiary/aromatic N) is 1. The van der Waals surface area contributed by atoms with Gasteiger partial charge in [0.2, 0.25) is 0 Å². The fourth-order valence-electron chi connectivity index (χ4n) is 2.99. The number of phenols is 1. The molecule has 0 aromatic heterocycles. The van der Waals surface area contributed by atoms with Gasteiger partial charge in [0.15, 0.2) is 0 Å². The lowest BCUT2D eigenvalue weighted by atomic mass is 9.71. The summed E-state index contributed by atoms with van der Waals surface area (Å²) in [6.45, 7) is 3.37. The second kappa shape index (κ2) is 3.53. The van der Waals surface area contributed by atoms with Crippen LogP contribution in [0.1, 0.15) is 18.4 Å². The van der Waals surface area contributed by atoms with E-state index in [9.17, 15) is 5.11 Å². The van der Waals surface area contributed by atoms with E-state index in [1.54, 1.807) is 6.07 Å². The number of para-hydroxylation sites is 1. The van der Waals surface area contributed by atoms with E-state index in [1.165, 1.54) is 25.9 Å². The van der Waals surface area contributed by atoms with E-state index < -0.39 is 0 Å². The number of phenolic OH excluding ortho intramolecular Hbond substituents is 1. The Morgan fingerprint density at radius 1 is 1.13 bits per heavy atom. The number of benzene rings is 1. The summed E-state index contributed by atoms with van der Waals surface area (Å²) in [5.41, 5.74) is 1.07. The van der Waals surface area contributed by atoms with Crippen LogP contribution >= 0.6 is 0 Å². The van der Waals surface area contributed by atoms with E-state index in [0.29, 0.717) is 5.75 Å². The second-order valence-corrected chi connectivity index (χ2v) is 5.03. The van der Waals surface area contributed by atoms with Crippen molar-refractivity contribution >= 4 is 0 Å². The van der Waals surface area contributed by atoms with Crippen molar-refractivity contribution in [3.63, 3.8) is 0 Å². The molecule has 2 saturated heterocycles. The molecule has 3 fully saturated rings. The fourth-order valence-corrected chi connectivity index (χ4v) is 2.99. The zero-order chi connectivity index (χ0) is 10.3. The lowest BCUT2D eigenvalue weighted by molar-refractivity contribution is 0.0224. The van der Waals surface area contributed by atoms with Crippen molar-refractivity contribution < 1.29 is 5.11 Å². The number of fused-ring (bicyclic) bond motifs is 2. The molecule has 2 heterocycles. The third-order valence-electron chi connectivity index (χ3n) is 3.75. The molecule has 3 aliphatic rings. The molecule has 0 radical (unpaired) electrons. The molecule has 1 aliphatic carbocycles. The first-order valence-electron chi connectivity index (χ1n) is 5.80. The van der Waals surface area contributed by atoms with Crippen LogP contribution in [0.3, 0.4) is 0 Å². The summed E-state index contributed by atoms with van der Waals surface area (Å²) >= 11 is 0. The molecule has 4 rings (SSSR count). The molecular weight excluding hydrogens is 186 g/mol. The molecule has 0 amide bonds. The highest BCUT2D eigenvalue weighted by atomic mass is 16.3. The number of piperidine rings is 2. The molecule has 2 nitrogen and oxygen atoms in total. The number of rotatable bonds is 2. The Kier molecular flexibility index (Phi) is 2.17. The first-order chi connectivity index (χ1) is 7.31. The quantitative estimate of drug-likeness (QED) is 0.796. The Morgan fingerprint density at radius 2 is 1.80 bits per heavy atom. The van der Waals surface area contributed by atoms with Gasteiger partial charge in [0.05, 0.1) is 0 Å². The normalized spacial score (nSPS) is 29.9. The van der Waals surface area contributed by atoms with Gasteiger partial charge in [0.1, 0.15) is 5.75 Å².